The van der Waals surface area contributed by atoms with Crippen LogP contribution in [0.15, 0.2) is 18.2 Å². The van der Waals surface area contributed by atoms with Gasteiger partial charge in [-0.1, -0.05) is 6.07 Å². The highest BCUT2D eigenvalue weighted by molar-refractivity contribution is 14.1. The lowest BCUT2D eigenvalue weighted by Gasteiger charge is -2.24. The van der Waals surface area contributed by atoms with Crippen LogP contribution in [0, 0.1) is 10.5 Å². The van der Waals surface area contributed by atoms with Crippen LogP contribution in [0.3, 0.4) is 0 Å². The van der Waals surface area contributed by atoms with Gasteiger partial charge in [-0.3, -0.25) is 9.59 Å². The summed E-state index contributed by atoms with van der Waals surface area (Å²) in [7, 11) is -1.54. The maximum atomic E-state index is 12.2. The first-order chi connectivity index (χ1) is 10.4. The van der Waals surface area contributed by atoms with E-state index in [1.165, 1.54) is 4.90 Å². The van der Waals surface area contributed by atoms with Gasteiger partial charge in [0, 0.05) is 15.7 Å². The second-order valence-electron chi connectivity index (χ2n) is 5.31. The number of halogens is 1. The Morgan fingerprint density at radius 2 is 2.18 bits per heavy atom. The maximum Gasteiger partial charge on any atom is 0.475 e. The maximum absolute atomic E-state index is 12.2. The molecule has 118 valence electrons. The molecule has 1 aromatic carbocycles. The molecule has 2 rings (SSSR count). The second kappa shape index (κ2) is 7.43. The van der Waals surface area contributed by atoms with E-state index in [0.29, 0.717) is 18.5 Å². The molecular weight excluding hydrogens is 398 g/mol. The van der Waals surface area contributed by atoms with Gasteiger partial charge >= 0.3 is 7.12 Å². The summed E-state index contributed by atoms with van der Waals surface area (Å²) in [6, 6.07) is 5.42. The number of rotatable bonds is 4. The molecule has 22 heavy (non-hydrogen) atoms. The van der Waals surface area contributed by atoms with Crippen LogP contribution in [0.1, 0.15) is 28.8 Å². The molecule has 6 nitrogen and oxygen atoms in total. The monoisotopic (exact) mass is 416 g/mol. The molecule has 1 heterocycles. The topological polar surface area (TPSA) is 89.9 Å². The molecule has 0 radical (unpaired) electrons. The highest BCUT2D eigenvalue weighted by atomic mass is 127. The van der Waals surface area contributed by atoms with Crippen LogP contribution in [-0.2, 0) is 4.79 Å². The van der Waals surface area contributed by atoms with Gasteiger partial charge in [0.15, 0.2) is 0 Å². The molecule has 1 aliphatic heterocycles. The summed E-state index contributed by atoms with van der Waals surface area (Å²) in [5.41, 5.74) is 1.41. The van der Waals surface area contributed by atoms with Gasteiger partial charge < -0.3 is 20.3 Å². The molecule has 1 unspecified atom stereocenters. The highest BCUT2D eigenvalue weighted by Crippen LogP contribution is 2.18. The number of hydrogen-bond donors (Lipinski definition) is 3. The van der Waals surface area contributed by atoms with Gasteiger partial charge in [0.2, 0.25) is 5.91 Å². The van der Waals surface area contributed by atoms with Crippen LogP contribution >= 0.6 is 22.6 Å². The summed E-state index contributed by atoms with van der Waals surface area (Å²) >= 11 is 2.16. The van der Waals surface area contributed by atoms with Crippen molar-refractivity contribution in [3.8, 4) is 0 Å². The number of likely N-dealkylation sites (tertiary alicyclic amines) is 1. The average molecular weight is 416 g/mol. The van der Waals surface area contributed by atoms with Gasteiger partial charge in [-0.15, -0.1) is 0 Å². The molecule has 3 N–H and O–H groups in total. The highest BCUT2D eigenvalue weighted by Gasteiger charge is 2.36. The van der Waals surface area contributed by atoms with Crippen molar-refractivity contribution in [2.24, 2.45) is 0 Å². The summed E-state index contributed by atoms with van der Waals surface area (Å²) in [5, 5.41) is 21.1. The van der Waals surface area contributed by atoms with E-state index in [0.717, 1.165) is 15.6 Å². The van der Waals surface area contributed by atoms with E-state index in [-0.39, 0.29) is 18.4 Å². The molecule has 1 atom stereocenters. The van der Waals surface area contributed by atoms with Crippen LogP contribution < -0.4 is 5.32 Å². The molecule has 1 fully saturated rings. The molecule has 8 heteroatoms. The van der Waals surface area contributed by atoms with E-state index in [9.17, 15) is 19.6 Å². The zero-order valence-corrected chi connectivity index (χ0v) is 14.4. The first-order valence-electron chi connectivity index (χ1n) is 7.10. The Morgan fingerprint density at radius 3 is 2.86 bits per heavy atom. The Kier molecular flexibility index (Phi) is 5.82. The number of hydrogen-bond acceptors (Lipinski definition) is 4. The van der Waals surface area contributed by atoms with Gasteiger partial charge in [-0.25, -0.2) is 0 Å². The first-order valence-corrected chi connectivity index (χ1v) is 8.18. The summed E-state index contributed by atoms with van der Waals surface area (Å²) in [6.45, 7) is 2.20. The third kappa shape index (κ3) is 3.79. The Balaban J connectivity index is 1.96. The lowest BCUT2D eigenvalue weighted by molar-refractivity contribution is -0.130. The normalized spacial score (nSPS) is 17.5. The van der Waals surface area contributed by atoms with Crippen LogP contribution in [0.5, 0.6) is 0 Å². The van der Waals surface area contributed by atoms with E-state index < -0.39 is 13.1 Å². The minimum atomic E-state index is -1.54. The minimum Gasteiger partial charge on any atom is -0.426 e. The Bertz CT molecular complexity index is 582. The van der Waals surface area contributed by atoms with E-state index in [2.05, 4.69) is 27.9 Å². The first kappa shape index (κ1) is 17.2. The van der Waals surface area contributed by atoms with Crippen molar-refractivity contribution in [3.05, 3.63) is 32.9 Å². The van der Waals surface area contributed by atoms with Crippen molar-refractivity contribution in [3.63, 3.8) is 0 Å². The fourth-order valence-electron chi connectivity index (χ4n) is 2.62. The van der Waals surface area contributed by atoms with Crippen molar-refractivity contribution in [1.29, 1.82) is 0 Å². The Morgan fingerprint density at radius 1 is 1.45 bits per heavy atom. The number of carbonyl (C=O) groups is 2. The number of nitrogens with one attached hydrogen (secondary N) is 1. The second-order valence-corrected chi connectivity index (χ2v) is 6.47. The Labute approximate surface area is 143 Å². The summed E-state index contributed by atoms with van der Waals surface area (Å²) in [6.07, 6.45) is 1.30. The molecule has 1 aromatic rings. The summed E-state index contributed by atoms with van der Waals surface area (Å²) < 4.78 is 0.986. The van der Waals surface area contributed by atoms with Crippen LogP contribution in [-0.4, -0.2) is 52.9 Å². The Hall–Kier alpha value is -1.13. The molecule has 1 aliphatic rings. The molecule has 0 spiro atoms. The van der Waals surface area contributed by atoms with Gasteiger partial charge in [0.05, 0.1) is 12.5 Å². The zero-order valence-electron chi connectivity index (χ0n) is 12.3. The standard InChI is InChI=1S/C14H18BIN2O4/c1-9-10(4-2-5-11(9)16)14(20)17-8-13(19)18-7-3-6-12(18)15(21)22/h2,4-5,12,21-22H,3,6-8H2,1H3,(H,17,20). The van der Waals surface area contributed by atoms with Crippen molar-refractivity contribution < 1.29 is 19.6 Å². The largest absolute Gasteiger partial charge is 0.475 e. The van der Waals surface area contributed by atoms with Crippen molar-refractivity contribution >= 4 is 41.5 Å². The van der Waals surface area contributed by atoms with Crippen molar-refractivity contribution in [2.45, 2.75) is 25.7 Å². The van der Waals surface area contributed by atoms with Gasteiger partial charge in [-0.2, -0.15) is 0 Å². The smallest absolute Gasteiger partial charge is 0.426 e. The molecule has 1 saturated heterocycles. The number of nitrogens with zero attached hydrogens (tertiary/aromatic N) is 1. The average Bonchev–Trinajstić information content (AvgIpc) is 2.97. The third-order valence-electron chi connectivity index (χ3n) is 3.88. The molecule has 0 aliphatic carbocycles. The lowest BCUT2D eigenvalue weighted by atomic mass is 9.78. The fourth-order valence-corrected chi connectivity index (χ4v) is 3.12. The SMILES string of the molecule is Cc1c(I)cccc1C(=O)NCC(=O)N1CCCC1B(O)O. The number of carbonyl (C=O) groups excluding carboxylic acids is 2. The minimum absolute atomic E-state index is 0.146. The number of benzene rings is 1. The van der Waals surface area contributed by atoms with E-state index >= 15 is 0 Å². The van der Waals surface area contributed by atoms with Crippen molar-refractivity contribution in [1.82, 2.24) is 10.2 Å². The zero-order chi connectivity index (χ0) is 16.3. The van der Waals surface area contributed by atoms with E-state index in [1.807, 2.05) is 13.0 Å². The molecule has 2 amide bonds. The van der Waals surface area contributed by atoms with Gasteiger partial charge in [-0.05, 0) is 60.1 Å². The molecule has 0 aromatic heterocycles. The molecule has 0 bridgehead atoms. The molecular formula is C14H18BIN2O4. The van der Waals surface area contributed by atoms with Crippen LogP contribution in [0.4, 0.5) is 0 Å². The lowest BCUT2D eigenvalue weighted by Crippen LogP contribution is -2.49. The van der Waals surface area contributed by atoms with Crippen molar-refractivity contribution in [2.75, 3.05) is 13.1 Å². The van der Waals surface area contributed by atoms with Gasteiger partial charge in [0.1, 0.15) is 0 Å². The van der Waals surface area contributed by atoms with Crippen LogP contribution in [0.2, 0.25) is 0 Å². The van der Waals surface area contributed by atoms with Gasteiger partial charge in [0.25, 0.3) is 5.91 Å². The predicted octanol–water partition coefficient (Wildman–Crippen LogP) is 0.332. The summed E-state index contributed by atoms with van der Waals surface area (Å²) in [5.74, 6) is -1.18. The van der Waals surface area contributed by atoms with Crippen LogP contribution in [0.25, 0.3) is 0 Å². The summed E-state index contributed by atoms with van der Waals surface area (Å²) in [4.78, 5) is 25.7. The van der Waals surface area contributed by atoms with E-state index in [1.54, 1.807) is 12.1 Å². The quantitative estimate of drug-likeness (QED) is 0.488. The van der Waals surface area contributed by atoms with E-state index in [4.69, 9.17) is 0 Å². The predicted molar refractivity (Wildman–Crippen MR) is 91.2 cm³/mol. The fraction of sp³-hybridized carbons (Fsp3) is 0.429. The molecule has 0 saturated carbocycles. The third-order valence-corrected chi connectivity index (χ3v) is 5.04. The number of amides is 2.